The fourth-order valence-corrected chi connectivity index (χ4v) is 3.08. The lowest BCUT2D eigenvalue weighted by Gasteiger charge is -2.28. The van der Waals surface area contributed by atoms with Crippen molar-refractivity contribution < 1.29 is 9.59 Å². The molecule has 0 aliphatic carbocycles. The van der Waals surface area contributed by atoms with Crippen molar-refractivity contribution in [3.05, 3.63) is 59.2 Å². The summed E-state index contributed by atoms with van der Waals surface area (Å²) in [5.41, 5.74) is 4.69. The molecular formula is C20H22N2O2. The first-order valence-corrected chi connectivity index (χ1v) is 8.46. The van der Waals surface area contributed by atoms with Crippen LogP contribution < -0.4 is 10.2 Å². The third-order valence-corrected chi connectivity index (χ3v) is 4.48. The summed E-state index contributed by atoms with van der Waals surface area (Å²) >= 11 is 0. The molecule has 124 valence electrons. The highest BCUT2D eigenvalue weighted by Gasteiger charge is 2.23. The lowest BCUT2D eigenvalue weighted by atomic mass is 10.0. The number of aryl methyl sites for hydroxylation is 2. The van der Waals surface area contributed by atoms with Crippen molar-refractivity contribution in [2.24, 2.45) is 0 Å². The topological polar surface area (TPSA) is 49.4 Å². The second kappa shape index (κ2) is 6.87. The fourth-order valence-electron chi connectivity index (χ4n) is 3.08. The molecule has 4 heteroatoms. The minimum Gasteiger partial charge on any atom is -0.322 e. The minimum absolute atomic E-state index is 0.114. The van der Waals surface area contributed by atoms with Gasteiger partial charge in [0.05, 0.1) is 0 Å². The summed E-state index contributed by atoms with van der Waals surface area (Å²) in [6, 6.07) is 13.4. The van der Waals surface area contributed by atoms with Crippen molar-refractivity contribution in [3.8, 4) is 0 Å². The highest BCUT2D eigenvalue weighted by Crippen LogP contribution is 2.30. The van der Waals surface area contributed by atoms with Crippen molar-refractivity contribution in [1.29, 1.82) is 0 Å². The second-order valence-electron chi connectivity index (χ2n) is 5.99. The zero-order valence-corrected chi connectivity index (χ0v) is 14.1. The van der Waals surface area contributed by atoms with E-state index in [9.17, 15) is 9.59 Å². The number of nitrogens with zero attached hydrogens (tertiary/aromatic N) is 1. The van der Waals surface area contributed by atoms with E-state index in [1.807, 2.05) is 49.4 Å². The summed E-state index contributed by atoms with van der Waals surface area (Å²) in [7, 11) is 0. The van der Waals surface area contributed by atoms with Crippen LogP contribution in [0, 0.1) is 0 Å². The predicted molar refractivity (Wildman–Crippen MR) is 96.6 cm³/mol. The quantitative estimate of drug-likeness (QED) is 0.931. The van der Waals surface area contributed by atoms with Gasteiger partial charge in [0.1, 0.15) is 0 Å². The number of anilines is 2. The Hall–Kier alpha value is -2.62. The number of rotatable bonds is 4. The van der Waals surface area contributed by atoms with Gasteiger partial charge >= 0.3 is 0 Å². The summed E-state index contributed by atoms with van der Waals surface area (Å²) in [6.07, 6.45) is 2.20. The van der Waals surface area contributed by atoms with Crippen LogP contribution in [0.2, 0.25) is 0 Å². The van der Waals surface area contributed by atoms with Gasteiger partial charge in [0.25, 0.3) is 5.91 Å². The fraction of sp³-hybridized carbons (Fsp3) is 0.300. The van der Waals surface area contributed by atoms with Crippen LogP contribution in [0.3, 0.4) is 0 Å². The predicted octanol–water partition coefficient (Wildman–Crippen LogP) is 3.80. The molecule has 1 aliphatic rings. The van der Waals surface area contributed by atoms with Gasteiger partial charge in [-0.3, -0.25) is 9.59 Å². The second-order valence-corrected chi connectivity index (χ2v) is 5.99. The Morgan fingerprint density at radius 1 is 1.08 bits per heavy atom. The maximum atomic E-state index is 12.4. The zero-order valence-electron chi connectivity index (χ0n) is 14.1. The van der Waals surface area contributed by atoms with E-state index in [1.54, 1.807) is 4.90 Å². The molecule has 0 unspecified atom stereocenters. The number of hydrogen-bond acceptors (Lipinski definition) is 2. The lowest BCUT2D eigenvalue weighted by molar-refractivity contribution is -0.118. The SMILES string of the molecule is CCc1ccc(C(=O)Nc2ccc3c(c2)CCC(=O)N3CC)cc1. The molecule has 24 heavy (non-hydrogen) atoms. The first kappa shape index (κ1) is 16.2. The molecule has 3 rings (SSSR count). The highest BCUT2D eigenvalue weighted by atomic mass is 16.2. The van der Waals surface area contributed by atoms with Gasteiger partial charge in [-0.25, -0.2) is 0 Å². The Labute approximate surface area is 142 Å². The van der Waals surface area contributed by atoms with Crippen molar-refractivity contribution >= 4 is 23.2 Å². The highest BCUT2D eigenvalue weighted by molar-refractivity contribution is 6.04. The van der Waals surface area contributed by atoms with Gasteiger partial charge in [-0.2, -0.15) is 0 Å². The van der Waals surface area contributed by atoms with Crippen LogP contribution in [0.25, 0.3) is 0 Å². The Morgan fingerprint density at radius 2 is 1.83 bits per heavy atom. The van der Waals surface area contributed by atoms with Crippen LogP contribution in [-0.2, 0) is 17.6 Å². The minimum atomic E-state index is -0.114. The van der Waals surface area contributed by atoms with Crippen molar-refractivity contribution in [2.75, 3.05) is 16.8 Å². The van der Waals surface area contributed by atoms with E-state index < -0.39 is 0 Å². The van der Waals surface area contributed by atoms with Crippen molar-refractivity contribution in [1.82, 2.24) is 0 Å². The third kappa shape index (κ3) is 3.18. The van der Waals surface area contributed by atoms with E-state index >= 15 is 0 Å². The molecule has 0 atom stereocenters. The van der Waals surface area contributed by atoms with E-state index in [0.717, 1.165) is 29.8 Å². The van der Waals surface area contributed by atoms with Gasteiger partial charge in [-0.15, -0.1) is 0 Å². The molecule has 1 heterocycles. The monoisotopic (exact) mass is 322 g/mol. The molecule has 1 N–H and O–H groups in total. The summed E-state index contributed by atoms with van der Waals surface area (Å²) in [5, 5.41) is 2.95. The summed E-state index contributed by atoms with van der Waals surface area (Å²) in [6.45, 7) is 4.73. The van der Waals surface area contributed by atoms with Crippen LogP contribution in [-0.4, -0.2) is 18.4 Å². The zero-order chi connectivity index (χ0) is 17.1. The van der Waals surface area contributed by atoms with Crippen LogP contribution in [0.4, 0.5) is 11.4 Å². The number of fused-ring (bicyclic) bond motifs is 1. The molecule has 0 saturated heterocycles. The first-order chi connectivity index (χ1) is 11.6. The molecule has 2 aromatic carbocycles. The normalized spacial score (nSPS) is 13.6. The summed E-state index contributed by atoms with van der Waals surface area (Å²) in [4.78, 5) is 26.1. The molecule has 0 fully saturated rings. The average Bonchev–Trinajstić information content (AvgIpc) is 2.62. The van der Waals surface area contributed by atoms with Gasteiger partial charge < -0.3 is 10.2 Å². The van der Waals surface area contributed by atoms with Crippen LogP contribution >= 0.6 is 0 Å². The number of nitrogens with one attached hydrogen (secondary N) is 1. The van der Waals surface area contributed by atoms with E-state index in [1.165, 1.54) is 5.56 Å². The molecule has 4 nitrogen and oxygen atoms in total. The Bertz CT molecular complexity index is 766. The number of hydrogen-bond donors (Lipinski definition) is 1. The van der Waals surface area contributed by atoms with Crippen molar-refractivity contribution in [2.45, 2.75) is 33.1 Å². The van der Waals surface area contributed by atoms with Gasteiger partial charge in [0.15, 0.2) is 0 Å². The van der Waals surface area contributed by atoms with Crippen molar-refractivity contribution in [3.63, 3.8) is 0 Å². The third-order valence-electron chi connectivity index (χ3n) is 4.48. The molecule has 0 bridgehead atoms. The van der Waals surface area contributed by atoms with Crippen LogP contribution in [0.15, 0.2) is 42.5 Å². The Morgan fingerprint density at radius 3 is 2.50 bits per heavy atom. The number of carbonyl (C=O) groups excluding carboxylic acids is 2. The summed E-state index contributed by atoms with van der Waals surface area (Å²) in [5.74, 6) is 0.0506. The Kier molecular flexibility index (Phi) is 4.65. The van der Waals surface area contributed by atoms with Gasteiger partial charge in [-0.05, 0) is 61.2 Å². The molecule has 0 aromatic heterocycles. The Balaban J connectivity index is 1.78. The van der Waals surface area contributed by atoms with Gasteiger partial charge in [0.2, 0.25) is 5.91 Å². The molecule has 2 aromatic rings. The number of benzene rings is 2. The van der Waals surface area contributed by atoms with E-state index in [2.05, 4.69) is 12.2 Å². The number of amides is 2. The number of carbonyl (C=O) groups is 2. The maximum absolute atomic E-state index is 12.4. The molecule has 1 aliphatic heterocycles. The average molecular weight is 322 g/mol. The summed E-state index contributed by atoms with van der Waals surface area (Å²) < 4.78 is 0. The van der Waals surface area contributed by atoms with E-state index in [-0.39, 0.29) is 11.8 Å². The standard InChI is InChI=1S/C20H22N2O2/c1-3-14-5-7-15(8-6-14)20(24)21-17-10-11-18-16(13-17)9-12-19(23)22(18)4-2/h5-8,10-11,13H,3-4,9,12H2,1-2H3,(H,21,24). The molecule has 0 spiro atoms. The molecule has 0 radical (unpaired) electrons. The maximum Gasteiger partial charge on any atom is 0.255 e. The van der Waals surface area contributed by atoms with Gasteiger partial charge in [0, 0.05) is 29.9 Å². The smallest absolute Gasteiger partial charge is 0.255 e. The van der Waals surface area contributed by atoms with E-state index in [0.29, 0.717) is 18.5 Å². The molecule has 2 amide bonds. The first-order valence-electron chi connectivity index (χ1n) is 8.46. The molecule has 0 saturated carbocycles. The largest absolute Gasteiger partial charge is 0.322 e. The lowest BCUT2D eigenvalue weighted by Crippen LogP contribution is -2.34. The van der Waals surface area contributed by atoms with Crippen LogP contribution in [0.1, 0.15) is 41.8 Å². The van der Waals surface area contributed by atoms with Gasteiger partial charge in [-0.1, -0.05) is 19.1 Å². The molecular weight excluding hydrogens is 300 g/mol. The van der Waals surface area contributed by atoms with Crippen LogP contribution in [0.5, 0.6) is 0 Å². The van der Waals surface area contributed by atoms with E-state index in [4.69, 9.17) is 0 Å².